The molecule has 0 bridgehead atoms. The second-order valence-corrected chi connectivity index (χ2v) is 8.36. The molecule has 4 rings (SSSR count). The van der Waals surface area contributed by atoms with Gasteiger partial charge in [-0.05, 0) is 40.2 Å². The number of ether oxygens (including phenoxy) is 2. The third-order valence-electron chi connectivity index (χ3n) is 5.90. The molecule has 2 aliphatic rings. The summed E-state index contributed by atoms with van der Waals surface area (Å²) in [6, 6.07) is 6.13. The fraction of sp³-hybridized carbons (Fsp3) is 0.478. The zero-order valence-corrected chi connectivity index (χ0v) is 18.4. The first-order chi connectivity index (χ1) is 14.4. The van der Waals surface area contributed by atoms with Gasteiger partial charge < -0.3 is 19.3 Å². The van der Waals surface area contributed by atoms with Gasteiger partial charge in [0.15, 0.2) is 0 Å². The van der Waals surface area contributed by atoms with Gasteiger partial charge in [-0.15, -0.1) is 0 Å². The van der Waals surface area contributed by atoms with Crippen LogP contribution in [0.5, 0.6) is 5.75 Å². The molecule has 0 amide bonds. The quantitative estimate of drug-likeness (QED) is 0.702. The van der Waals surface area contributed by atoms with Crippen LogP contribution in [-0.4, -0.2) is 74.9 Å². The van der Waals surface area contributed by atoms with E-state index in [1.54, 1.807) is 6.20 Å². The van der Waals surface area contributed by atoms with Gasteiger partial charge in [0, 0.05) is 60.5 Å². The molecule has 2 unspecified atom stereocenters. The third kappa shape index (κ3) is 3.52. The van der Waals surface area contributed by atoms with Crippen molar-refractivity contribution in [3.05, 3.63) is 41.7 Å². The van der Waals surface area contributed by atoms with Crippen LogP contribution < -0.4 is 9.64 Å². The molecule has 7 nitrogen and oxygen atoms in total. The molecule has 0 fully saturated rings. The Labute approximate surface area is 178 Å². The Balaban J connectivity index is 1.93. The van der Waals surface area contributed by atoms with E-state index >= 15 is 0 Å². The lowest BCUT2D eigenvalue weighted by Crippen LogP contribution is -2.42. The second-order valence-electron chi connectivity index (χ2n) is 8.36. The summed E-state index contributed by atoms with van der Waals surface area (Å²) < 4.78 is 11.7. The van der Waals surface area contributed by atoms with Crippen LogP contribution in [-0.2, 0) is 16.1 Å². The lowest BCUT2D eigenvalue weighted by atomic mass is 9.87. The van der Waals surface area contributed by atoms with Crippen molar-refractivity contribution in [2.75, 3.05) is 53.0 Å². The average molecular weight is 411 g/mol. The molecule has 160 valence electrons. The third-order valence-corrected chi connectivity index (χ3v) is 5.90. The molecule has 2 atom stereocenters. The number of nitrogens with zero attached hydrogens (tertiary/aromatic N) is 4. The molecule has 2 aromatic rings. The molecule has 0 spiro atoms. The van der Waals surface area contributed by atoms with Crippen molar-refractivity contribution in [2.24, 2.45) is 0 Å². The highest BCUT2D eigenvalue weighted by Crippen LogP contribution is 2.50. The fourth-order valence-electron chi connectivity index (χ4n) is 4.61. The van der Waals surface area contributed by atoms with Crippen LogP contribution in [0, 0.1) is 0 Å². The van der Waals surface area contributed by atoms with Crippen molar-refractivity contribution < 1.29 is 14.3 Å². The summed E-state index contributed by atoms with van der Waals surface area (Å²) in [4.78, 5) is 23.9. The van der Waals surface area contributed by atoms with Crippen LogP contribution in [0.2, 0.25) is 0 Å². The molecule has 7 heteroatoms. The van der Waals surface area contributed by atoms with E-state index in [2.05, 4.69) is 32.8 Å². The van der Waals surface area contributed by atoms with E-state index in [0.29, 0.717) is 13.3 Å². The first-order valence-electron chi connectivity index (χ1n) is 10.4. The summed E-state index contributed by atoms with van der Waals surface area (Å²) in [5.74, 6) is 0.340. The van der Waals surface area contributed by atoms with Crippen molar-refractivity contribution in [1.29, 1.82) is 0 Å². The summed E-state index contributed by atoms with van der Waals surface area (Å²) in [6.07, 6.45) is 3.63. The van der Waals surface area contributed by atoms with E-state index in [0.717, 1.165) is 46.8 Å². The number of hydrogen-bond acceptors (Lipinski definition) is 7. The minimum atomic E-state index is -0.348. The highest BCUT2D eigenvalue weighted by atomic mass is 16.5. The van der Waals surface area contributed by atoms with Crippen LogP contribution in [0.15, 0.2) is 30.6 Å². The molecule has 0 saturated carbocycles. The highest BCUT2D eigenvalue weighted by molar-refractivity contribution is 5.90. The molecule has 0 saturated heterocycles. The number of carbonyl (C=O) groups excluding carboxylic acids is 1. The molecule has 0 aliphatic carbocycles. The maximum atomic E-state index is 13.1. The number of fused-ring (bicyclic) bond motifs is 3. The minimum absolute atomic E-state index is 0.00506. The summed E-state index contributed by atoms with van der Waals surface area (Å²) in [6.45, 7) is 4.22. The van der Waals surface area contributed by atoms with Gasteiger partial charge in [-0.2, -0.15) is 0 Å². The van der Waals surface area contributed by atoms with Gasteiger partial charge in [0.25, 0.3) is 0 Å². The maximum absolute atomic E-state index is 13.1. The number of carbonyl (C=O) groups is 1. The first-order valence-corrected chi connectivity index (χ1v) is 10.4. The number of hydrogen-bond donors (Lipinski definition) is 0. The van der Waals surface area contributed by atoms with E-state index in [4.69, 9.17) is 9.47 Å². The smallest absolute Gasteiger partial charge is 0.315 e. The van der Waals surface area contributed by atoms with Crippen LogP contribution in [0.3, 0.4) is 0 Å². The predicted octanol–water partition coefficient (Wildman–Crippen LogP) is 2.56. The lowest BCUT2D eigenvalue weighted by Gasteiger charge is -2.30. The number of pyridine rings is 1. The maximum Gasteiger partial charge on any atom is 0.315 e. The SMILES string of the molecule is CCOC(=O)C1c2c(cc(-c3cccnc3)c3c2CN(C)CO3)N(C)C1CN(C)C. The van der Waals surface area contributed by atoms with E-state index < -0.39 is 0 Å². The van der Waals surface area contributed by atoms with Crippen LogP contribution in [0.1, 0.15) is 24.0 Å². The predicted molar refractivity (Wildman–Crippen MR) is 117 cm³/mol. The molecule has 0 N–H and O–H groups in total. The summed E-state index contributed by atoms with van der Waals surface area (Å²) >= 11 is 0. The Morgan fingerprint density at radius 1 is 1.37 bits per heavy atom. The number of anilines is 1. The number of likely N-dealkylation sites (N-methyl/N-ethyl adjacent to an activating group) is 2. The summed E-state index contributed by atoms with van der Waals surface area (Å²) in [5, 5.41) is 0. The first kappa shape index (κ1) is 20.6. The van der Waals surface area contributed by atoms with Crippen molar-refractivity contribution in [1.82, 2.24) is 14.8 Å². The molecular weight excluding hydrogens is 380 g/mol. The average Bonchev–Trinajstić information content (AvgIpc) is 3.00. The van der Waals surface area contributed by atoms with Gasteiger partial charge in [-0.3, -0.25) is 14.7 Å². The van der Waals surface area contributed by atoms with Gasteiger partial charge in [0.2, 0.25) is 0 Å². The number of aromatic nitrogens is 1. The van der Waals surface area contributed by atoms with Crippen LogP contribution in [0.25, 0.3) is 11.1 Å². The Kier molecular flexibility index (Phi) is 5.66. The van der Waals surface area contributed by atoms with Gasteiger partial charge >= 0.3 is 5.97 Å². The van der Waals surface area contributed by atoms with Gasteiger partial charge in [-0.1, -0.05) is 6.07 Å². The molecule has 3 heterocycles. The molecule has 30 heavy (non-hydrogen) atoms. The van der Waals surface area contributed by atoms with E-state index in [9.17, 15) is 4.79 Å². The second kappa shape index (κ2) is 8.24. The Morgan fingerprint density at radius 2 is 2.17 bits per heavy atom. The Hall–Kier alpha value is -2.64. The van der Waals surface area contributed by atoms with Gasteiger partial charge in [0.05, 0.1) is 12.6 Å². The summed E-state index contributed by atoms with van der Waals surface area (Å²) in [7, 11) is 8.17. The minimum Gasteiger partial charge on any atom is -0.477 e. The zero-order valence-electron chi connectivity index (χ0n) is 18.4. The van der Waals surface area contributed by atoms with E-state index in [1.165, 1.54) is 0 Å². The Morgan fingerprint density at radius 3 is 2.83 bits per heavy atom. The Bertz CT molecular complexity index is 932. The number of benzene rings is 1. The zero-order chi connectivity index (χ0) is 21.4. The lowest BCUT2D eigenvalue weighted by molar-refractivity contribution is -0.145. The number of esters is 1. The van der Waals surface area contributed by atoms with Crippen molar-refractivity contribution in [3.63, 3.8) is 0 Å². The highest BCUT2D eigenvalue weighted by Gasteiger charge is 2.45. The monoisotopic (exact) mass is 410 g/mol. The van der Waals surface area contributed by atoms with Gasteiger partial charge in [0.1, 0.15) is 18.4 Å². The van der Waals surface area contributed by atoms with E-state index in [-0.39, 0.29) is 17.9 Å². The molecule has 0 radical (unpaired) electrons. The fourth-order valence-corrected chi connectivity index (χ4v) is 4.61. The number of rotatable bonds is 5. The molecule has 2 aliphatic heterocycles. The van der Waals surface area contributed by atoms with Crippen LogP contribution >= 0.6 is 0 Å². The topological polar surface area (TPSA) is 58.1 Å². The summed E-state index contributed by atoms with van der Waals surface area (Å²) in [5.41, 5.74) is 5.21. The van der Waals surface area contributed by atoms with Crippen LogP contribution in [0.4, 0.5) is 5.69 Å². The molecule has 1 aromatic carbocycles. The largest absolute Gasteiger partial charge is 0.477 e. The van der Waals surface area contributed by atoms with Crippen molar-refractivity contribution >= 4 is 11.7 Å². The normalized spacial score (nSPS) is 20.7. The van der Waals surface area contributed by atoms with E-state index in [1.807, 2.05) is 46.4 Å². The van der Waals surface area contributed by atoms with Crippen molar-refractivity contribution in [2.45, 2.75) is 25.4 Å². The molecular formula is C23H30N4O3. The van der Waals surface area contributed by atoms with Gasteiger partial charge in [-0.25, -0.2) is 0 Å². The van der Waals surface area contributed by atoms with Crippen molar-refractivity contribution in [3.8, 4) is 16.9 Å². The standard InChI is InChI=1S/C23H30N4O3/c1-6-29-23(28)21-19(13-25(2)3)27(5)18-10-16(15-8-7-9-24-11-15)22-17(20(18)21)12-26(4)14-30-22/h7-11,19,21H,6,12-14H2,1-5H3. The molecule has 1 aromatic heterocycles.